The van der Waals surface area contributed by atoms with Crippen molar-refractivity contribution in [2.75, 3.05) is 10.2 Å². The molecule has 2 aromatic carbocycles. The standard InChI is InChI=1S/C26H23BrN2O3/c1-2-13-11-15(27)5-10-21(13)28-24(30)14-3-6-16(7-4-14)29-25(31)22-17-8-9-18(20-12-19(17)20)23(22)26(29)32/h3-11,17-20,22-23H,2,12H2,1H3,(H,28,30)/t17-,18+,19-,20-,22+,23+/m1/s1. The largest absolute Gasteiger partial charge is 0.322 e. The van der Waals surface area contributed by atoms with E-state index in [1.165, 1.54) is 4.90 Å². The molecule has 0 radical (unpaired) electrons. The fourth-order valence-corrected chi connectivity index (χ4v) is 6.55. The quantitative estimate of drug-likeness (QED) is 0.493. The first-order chi connectivity index (χ1) is 15.5. The van der Waals surface area contributed by atoms with E-state index in [4.69, 9.17) is 0 Å². The number of halogens is 1. The van der Waals surface area contributed by atoms with Gasteiger partial charge in [0.2, 0.25) is 11.8 Å². The molecule has 0 spiro atoms. The maximum Gasteiger partial charge on any atom is 0.255 e. The first kappa shape index (κ1) is 19.9. The van der Waals surface area contributed by atoms with Crippen LogP contribution in [0.5, 0.6) is 0 Å². The highest BCUT2D eigenvalue weighted by molar-refractivity contribution is 9.10. The summed E-state index contributed by atoms with van der Waals surface area (Å²) in [5.41, 5.74) is 2.86. The number of carbonyl (C=O) groups excluding carboxylic acids is 3. The summed E-state index contributed by atoms with van der Waals surface area (Å²) in [5, 5.41) is 2.97. The number of allylic oxidation sites excluding steroid dienone is 2. The second-order valence-electron chi connectivity index (χ2n) is 9.32. The van der Waals surface area contributed by atoms with Crippen LogP contribution < -0.4 is 10.2 Å². The van der Waals surface area contributed by atoms with Crippen LogP contribution in [0, 0.1) is 35.5 Å². The van der Waals surface area contributed by atoms with Gasteiger partial charge in [-0.2, -0.15) is 0 Å². The number of carbonyl (C=O) groups is 3. The SMILES string of the molecule is CCc1cc(Br)ccc1NC(=O)c1ccc(N2C(=O)[C@H]3[C@@H]4C=C[C@@H]([C@H]5C[C@H]45)[C@@H]3C2=O)cc1. The van der Waals surface area contributed by atoms with Gasteiger partial charge in [0, 0.05) is 15.7 Å². The van der Waals surface area contributed by atoms with Gasteiger partial charge in [-0.1, -0.05) is 35.0 Å². The van der Waals surface area contributed by atoms with Gasteiger partial charge in [-0.25, -0.2) is 0 Å². The predicted octanol–water partition coefficient (Wildman–Crippen LogP) is 4.82. The Hall–Kier alpha value is -2.73. The Labute approximate surface area is 195 Å². The van der Waals surface area contributed by atoms with Crippen molar-refractivity contribution in [1.82, 2.24) is 0 Å². The van der Waals surface area contributed by atoms with Crippen molar-refractivity contribution in [3.05, 3.63) is 70.2 Å². The highest BCUT2D eigenvalue weighted by atomic mass is 79.9. The number of anilines is 2. The van der Waals surface area contributed by atoms with Crippen molar-refractivity contribution in [2.45, 2.75) is 19.8 Å². The lowest BCUT2D eigenvalue weighted by Crippen LogP contribution is -2.40. The normalized spacial score (nSPS) is 31.5. The number of nitrogens with one attached hydrogen (secondary N) is 1. The Bertz CT molecular complexity index is 1150. The average molecular weight is 491 g/mol. The van der Waals surface area contributed by atoms with Crippen molar-refractivity contribution in [3.63, 3.8) is 0 Å². The molecule has 32 heavy (non-hydrogen) atoms. The molecule has 6 heteroatoms. The second-order valence-corrected chi connectivity index (χ2v) is 10.2. The summed E-state index contributed by atoms with van der Waals surface area (Å²) < 4.78 is 0.971. The molecule has 2 bridgehead atoms. The molecular weight excluding hydrogens is 468 g/mol. The molecule has 0 unspecified atom stereocenters. The predicted molar refractivity (Wildman–Crippen MR) is 125 cm³/mol. The number of rotatable bonds is 4. The number of aryl methyl sites for hydroxylation is 1. The maximum atomic E-state index is 13.3. The second kappa shape index (κ2) is 7.14. The van der Waals surface area contributed by atoms with E-state index in [0.29, 0.717) is 23.1 Å². The van der Waals surface area contributed by atoms with Crippen LogP contribution in [0.4, 0.5) is 11.4 Å². The van der Waals surface area contributed by atoms with Gasteiger partial charge in [0.1, 0.15) is 0 Å². The smallest absolute Gasteiger partial charge is 0.255 e. The van der Waals surface area contributed by atoms with E-state index in [-0.39, 0.29) is 41.4 Å². The molecule has 5 aliphatic rings. The van der Waals surface area contributed by atoms with Crippen molar-refractivity contribution in [3.8, 4) is 0 Å². The van der Waals surface area contributed by atoms with Gasteiger partial charge in [-0.15, -0.1) is 0 Å². The number of hydrogen-bond donors (Lipinski definition) is 1. The maximum absolute atomic E-state index is 13.3. The van der Waals surface area contributed by atoms with Crippen molar-refractivity contribution in [1.29, 1.82) is 0 Å². The van der Waals surface area contributed by atoms with E-state index in [0.717, 1.165) is 28.6 Å². The summed E-state index contributed by atoms with van der Waals surface area (Å²) in [6, 6.07) is 12.6. The zero-order valence-electron chi connectivity index (χ0n) is 17.6. The van der Waals surface area contributed by atoms with Gasteiger partial charge in [-0.05, 0) is 84.5 Å². The minimum absolute atomic E-state index is 0.0793. The Balaban J connectivity index is 1.22. The fourth-order valence-electron chi connectivity index (χ4n) is 6.14. The Morgan fingerprint density at radius 3 is 2.22 bits per heavy atom. The van der Waals surface area contributed by atoms with Crippen LogP contribution in [0.1, 0.15) is 29.3 Å². The van der Waals surface area contributed by atoms with Crippen LogP contribution in [0.15, 0.2) is 59.1 Å². The van der Waals surface area contributed by atoms with E-state index < -0.39 is 0 Å². The molecule has 7 rings (SSSR count). The van der Waals surface area contributed by atoms with Crippen LogP contribution >= 0.6 is 15.9 Å². The Morgan fingerprint density at radius 1 is 1.00 bits per heavy atom. The Morgan fingerprint density at radius 2 is 1.62 bits per heavy atom. The summed E-state index contributed by atoms with van der Waals surface area (Å²) in [4.78, 5) is 40.7. The van der Waals surface area contributed by atoms with E-state index in [1.807, 2.05) is 25.1 Å². The Kier molecular flexibility index (Phi) is 4.44. The zero-order valence-corrected chi connectivity index (χ0v) is 19.2. The monoisotopic (exact) mass is 490 g/mol. The molecule has 1 N–H and O–H groups in total. The summed E-state index contributed by atoms with van der Waals surface area (Å²) in [5.74, 6) is 0.780. The van der Waals surface area contributed by atoms with Crippen molar-refractivity contribution < 1.29 is 14.4 Å². The third-order valence-electron chi connectivity index (χ3n) is 7.75. The molecule has 2 saturated carbocycles. The number of hydrogen-bond acceptors (Lipinski definition) is 3. The van der Waals surface area contributed by atoms with Gasteiger partial charge in [0.05, 0.1) is 17.5 Å². The third kappa shape index (κ3) is 2.85. The van der Waals surface area contributed by atoms with Crippen molar-refractivity contribution >= 4 is 45.0 Å². The van der Waals surface area contributed by atoms with Crippen LogP contribution in [0.3, 0.4) is 0 Å². The highest BCUT2D eigenvalue weighted by Crippen LogP contribution is 2.65. The van der Waals surface area contributed by atoms with E-state index in [1.54, 1.807) is 24.3 Å². The highest BCUT2D eigenvalue weighted by Gasteiger charge is 2.67. The molecule has 6 atom stereocenters. The molecule has 3 fully saturated rings. The topological polar surface area (TPSA) is 66.5 Å². The van der Waals surface area contributed by atoms with E-state index in [9.17, 15) is 14.4 Å². The molecule has 3 amide bonds. The summed E-state index contributed by atoms with van der Waals surface area (Å²) in [6.45, 7) is 2.04. The molecule has 1 heterocycles. The van der Waals surface area contributed by atoms with Crippen LogP contribution in [-0.2, 0) is 16.0 Å². The molecule has 5 nitrogen and oxygen atoms in total. The molecule has 0 aromatic heterocycles. The number of imide groups is 1. The molecule has 1 saturated heterocycles. The summed E-state index contributed by atoms with van der Waals surface area (Å²) in [6.07, 6.45) is 6.30. The van der Waals surface area contributed by atoms with Gasteiger partial charge >= 0.3 is 0 Å². The molecule has 4 aliphatic carbocycles. The van der Waals surface area contributed by atoms with Gasteiger partial charge in [0.15, 0.2) is 0 Å². The van der Waals surface area contributed by atoms with Crippen LogP contribution in [0.25, 0.3) is 0 Å². The molecule has 1 aliphatic heterocycles. The first-order valence-electron chi connectivity index (χ1n) is 11.2. The minimum atomic E-state index is -0.219. The average Bonchev–Trinajstić information content (AvgIpc) is 3.58. The number of benzene rings is 2. The van der Waals surface area contributed by atoms with Crippen LogP contribution in [0.2, 0.25) is 0 Å². The fraction of sp³-hybridized carbons (Fsp3) is 0.346. The zero-order chi connectivity index (χ0) is 22.1. The van der Waals surface area contributed by atoms with Gasteiger partial charge < -0.3 is 5.32 Å². The molecule has 2 aromatic rings. The lowest BCUT2D eigenvalue weighted by molar-refractivity contribution is -0.124. The number of amides is 3. The lowest BCUT2D eigenvalue weighted by atomic mass is 9.63. The number of nitrogens with zero attached hydrogens (tertiary/aromatic N) is 1. The third-order valence-corrected chi connectivity index (χ3v) is 8.24. The minimum Gasteiger partial charge on any atom is -0.322 e. The van der Waals surface area contributed by atoms with Gasteiger partial charge in [0.25, 0.3) is 5.91 Å². The van der Waals surface area contributed by atoms with Crippen LogP contribution in [-0.4, -0.2) is 17.7 Å². The van der Waals surface area contributed by atoms with E-state index in [2.05, 4.69) is 33.4 Å². The molecular formula is C26H23BrN2O3. The summed E-state index contributed by atoms with van der Waals surface area (Å²) in [7, 11) is 0. The van der Waals surface area contributed by atoms with Crippen molar-refractivity contribution in [2.24, 2.45) is 35.5 Å². The summed E-state index contributed by atoms with van der Waals surface area (Å²) >= 11 is 3.46. The van der Waals surface area contributed by atoms with Gasteiger partial charge in [-0.3, -0.25) is 19.3 Å². The molecule has 162 valence electrons. The van der Waals surface area contributed by atoms with E-state index >= 15 is 0 Å². The lowest BCUT2D eigenvalue weighted by Gasteiger charge is -2.37. The first-order valence-corrected chi connectivity index (χ1v) is 12.0.